The van der Waals surface area contributed by atoms with Crippen LogP contribution >= 0.6 is 0 Å². The summed E-state index contributed by atoms with van der Waals surface area (Å²) in [4.78, 5) is 10.5. The van der Waals surface area contributed by atoms with Gasteiger partial charge in [-0.15, -0.1) is 23.8 Å². The molecule has 0 saturated carbocycles. The maximum Gasteiger partial charge on any atom is 0.148 e. The summed E-state index contributed by atoms with van der Waals surface area (Å²) in [6.07, 6.45) is 1.89. The summed E-state index contributed by atoms with van der Waals surface area (Å²) < 4.78 is 2.27. The molecule has 0 saturated heterocycles. The molecule has 322 valence electrons. The van der Waals surface area contributed by atoms with Crippen LogP contribution in [0, 0.1) is 26.8 Å². The van der Waals surface area contributed by atoms with Gasteiger partial charge in [0.2, 0.25) is 0 Å². The van der Waals surface area contributed by atoms with Gasteiger partial charge in [0.05, 0.1) is 22.3 Å². The van der Waals surface area contributed by atoms with Gasteiger partial charge in [-0.05, 0) is 100 Å². The fourth-order valence-electron chi connectivity index (χ4n) is 8.60. The molecule has 0 fully saturated rings. The van der Waals surface area contributed by atoms with E-state index in [-0.39, 0.29) is 37.6 Å². The second kappa shape index (κ2) is 17.3. The van der Waals surface area contributed by atoms with Crippen LogP contribution in [0.3, 0.4) is 0 Å². The quantitative estimate of drug-likeness (QED) is 0.162. The molecule has 9 aromatic rings. The van der Waals surface area contributed by atoms with Crippen LogP contribution in [0.15, 0.2) is 158 Å². The molecule has 0 aliphatic heterocycles. The number of aromatic nitrogens is 3. The van der Waals surface area contributed by atoms with E-state index in [4.69, 9.17) is 9.97 Å². The van der Waals surface area contributed by atoms with Gasteiger partial charge in [-0.1, -0.05) is 179 Å². The third-order valence-corrected chi connectivity index (χ3v) is 12.2. The SMILES string of the molecule is Cc1ccc(-c2ccnc(-c3[c-]c(-c4cccc5c4nc(-c4cc(C)cc(C)c4O)n5-c4cc(C(C)(C)C)ccc4-c4ccc(C(C)(C)C)cc4)cc(-c4ccccc4)c3)c2)cc1.[Pt]. The van der Waals surface area contributed by atoms with E-state index >= 15 is 0 Å². The summed E-state index contributed by atoms with van der Waals surface area (Å²) in [5.41, 5.74) is 19.1. The largest absolute Gasteiger partial charge is 0.507 e. The Bertz CT molecular complexity index is 3150. The van der Waals surface area contributed by atoms with Crippen LogP contribution in [0.25, 0.3) is 83.9 Å². The Kier molecular flexibility index (Phi) is 12.0. The predicted molar refractivity (Wildman–Crippen MR) is 264 cm³/mol. The smallest absolute Gasteiger partial charge is 0.148 e. The Balaban J connectivity index is 0.00000560. The van der Waals surface area contributed by atoms with Crippen LogP contribution in [0.2, 0.25) is 0 Å². The fourth-order valence-corrected chi connectivity index (χ4v) is 8.60. The molecular weight excluding hydrogens is 962 g/mol. The molecule has 5 heteroatoms. The summed E-state index contributed by atoms with van der Waals surface area (Å²) in [7, 11) is 0. The fraction of sp³-hybridized carbons (Fsp3) is 0.186. The van der Waals surface area contributed by atoms with Crippen LogP contribution in [0.4, 0.5) is 0 Å². The van der Waals surface area contributed by atoms with Gasteiger partial charge in [0, 0.05) is 38.5 Å². The summed E-state index contributed by atoms with van der Waals surface area (Å²) >= 11 is 0. The van der Waals surface area contributed by atoms with Crippen molar-refractivity contribution in [3.63, 3.8) is 0 Å². The number of aromatic hydroxyl groups is 1. The number of benzene rings is 7. The van der Waals surface area contributed by atoms with E-state index in [9.17, 15) is 5.11 Å². The average molecular weight is 1020 g/mol. The molecule has 0 atom stereocenters. The van der Waals surface area contributed by atoms with Crippen LogP contribution in [0.5, 0.6) is 5.75 Å². The van der Waals surface area contributed by atoms with Crippen LogP contribution in [-0.2, 0) is 31.9 Å². The molecule has 9 rings (SSSR count). The zero-order chi connectivity index (χ0) is 44.2. The summed E-state index contributed by atoms with van der Waals surface area (Å²) in [6, 6.07) is 57.8. The van der Waals surface area contributed by atoms with Crippen molar-refractivity contribution in [1.82, 2.24) is 14.5 Å². The third-order valence-electron chi connectivity index (χ3n) is 12.2. The molecule has 7 aromatic carbocycles. The van der Waals surface area contributed by atoms with Crippen molar-refractivity contribution in [3.8, 4) is 78.6 Å². The minimum atomic E-state index is -0.124. The minimum Gasteiger partial charge on any atom is -0.507 e. The molecule has 2 heterocycles. The molecule has 0 spiro atoms. The Hall–Kier alpha value is -6.35. The maximum atomic E-state index is 11.9. The van der Waals surface area contributed by atoms with Crippen LogP contribution in [-0.4, -0.2) is 19.6 Å². The number of fused-ring (bicyclic) bond motifs is 1. The van der Waals surface area contributed by atoms with E-state index in [1.807, 2.05) is 25.3 Å². The van der Waals surface area contributed by atoms with Gasteiger partial charge in [0.25, 0.3) is 0 Å². The third kappa shape index (κ3) is 8.65. The Morgan fingerprint density at radius 1 is 0.516 bits per heavy atom. The van der Waals surface area contributed by atoms with Gasteiger partial charge in [-0.2, -0.15) is 0 Å². The van der Waals surface area contributed by atoms with Crippen LogP contribution in [0.1, 0.15) is 69.4 Å². The van der Waals surface area contributed by atoms with Gasteiger partial charge < -0.3 is 5.11 Å². The zero-order valence-electron chi connectivity index (χ0n) is 38.1. The first-order valence-electron chi connectivity index (χ1n) is 21.9. The number of para-hydroxylation sites is 1. The summed E-state index contributed by atoms with van der Waals surface area (Å²) in [5, 5.41) is 11.9. The molecule has 64 heavy (non-hydrogen) atoms. The van der Waals surface area contributed by atoms with Gasteiger partial charge >= 0.3 is 0 Å². The zero-order valence-corrected chi connectivity index (χ0v) is 40.4. The number of imidazole rings is 1. The number of rotatable bonds is 7. The van der Waals surface area contributed by atoms with E-state index in [1.165, 1.54) is 16.7 Å². The molecule has 1 N–H and O–H groups in total. The minimum absolute atomic E-state index is 0. The molecule has 0 amide bonds. The molecule has 2 aromatic heterocycles. The van der Waals surface area contributed by atoms with E-state index < -0.39 is 0 Å². The van der Waals surface area contributed by atoms with Crippen molar-refractivity contribution in [2.24, 2.45) is 0 Å². The Morgan fingerprint density at radius 2 is 1.17 bits per heavy atom. The maximum absolute atomic E-state index is 11.9. The number of pyridine rings is 1. The van der Waals surface area contributed by atoms with E-state index in [1.54, 1.807) is 0 Å². The first kappa shape index (κ1) is 44.3. The van der Waals surface area contributed by atoms with Crippen LogP contribution < -0.4 is 0 Å². The van der Waals surface area contributed by atoms with Crippen molar-refractivity contribution < 1.29 is 26.2 Å². The first-order chi connectivity index (χ1) is 30.1. The van der Waals surface area contributed by atoms with Gasteiger partial charge in [0.1, 0.15) is 11.6 Å². The normalized spacial score (nSPS) is 11.8. The van der Waals surface area contributed by atoms with Crippen molar-refractivity contribution in [2.75, 3.05) is 0 Å². The molecule has 0 bridgehead atoms. The molecule has 0 aliphatic carbocycles. The standard InChI is InChI=1S/C59H54N3O.Pt/c1-37-18-20-41(21-19-37)43-28-29-60-52(35-43)46-33-44(40-14-11-10-12-15-40)32-45(34-46)50-16-13-17-53-55(50)61-57(51-31-38(2)30-39(3)56(51)63)62(53)54-36-48(59(7,8)9)26-27-49(54)42-22-24-47(25-23-42)58(4,5)6;/h10-33,35-36,63H,1-9H3;/q-1;. The number of hydrogen-bond donors (Lipinski definition) is 1. The molecule has 4 nitrogen and oxygen atoms in total. The topological polar surface area (TPSA) is 50.9 Å². The average Bonchev–Trinajstić information content (AvgIpc) is 3.67. The van der Waals surface area contributed by atoms with Gasteiger partial charge in [-0.25, -0.2) is 4.98 Å². The second-order valence-electron chi connectivity index (χ2n) is 19.1. The van der Waals surface area contributed by atoms with Gasteiger partial charge in [-0.3, -0.25) is 9.55 Å². The molecular formula is C59H54N3OPt-. The van der Waals surface area contributed by atoms with E-state index in [2.05, 4.69) is 206 Å². The van der Waals surface area contributed by atoms with E-state index in [0.717, 1.165) is 83.6 Å². The van der Waals surface area contributed by atoms with Crippen molar-refractivity contribution in [3.05, 3.63) is 192 Å². The number of aryl methyl sites for hydroxylation is 3. The Morgan fingerprint density at radius 3 is 1.88 bits per heavy atom. The summed E-state index contributed by atoms with van der Waals surface area (Å²) in [5.74, 6) is 0.897. The number of nitrogens with zero attached hydrogens (tertiary/aromatic N) is 3. The second-order valence-corrected chi connectivity index (χ2v) is 19.1. The molecule has 0 unspecified atom stereocenters. The number of phenolic OH excluding ortho intramolecular Hbond substituents is 1. The van der Waals surface area contributed by atoms with E-state index in [0.29, 0.717) is 11.4 Å². The van der Waals surface area contributed by atoms with Crippen molar-refractivity contribution >= 4 is 11.0 Å². The number of phenols is 1. The number of hydrogen-bond acceptors (Lipinski definition) is 3. The first-order valence-corrected chi connectivity index (χ1v) is 21.9. The molecule has 0 aliphatic rings. The molecule has 0 radical (unpaired) electrons. The summed E-state index contributed by atoms with van der Waals surface area (Å²) in [6.45, 7) is 19.6. The monoisotopic (exact) mass is 1020 g/mol. The predicted octanol–water partition coefficient (Wildman–Crippen LogP) is 15.4. The van der Waals surface area contributed by atoms with Crippen molar-refractivity contribution in [2.45, 2.75) is 73.1 Å². The van der Waals surface area contributed by atoms with Crippen molar-refractivity contribution in [1.29, 1.82) is 0 Å². The Labute approximate surface area is 393 Å². The van der Waals surface area contributed by atoms with Gasteiger partial charge in [0.15, 0.2) is 0 Å².